The largest absolute Gasteiger partial charge is 0.455 e. The summed E-state index contributed by atoms with van der Waals surface area (Å²) in [6, 6.07) is 19.1. The Morgan fingerprint density at radius 1 is 1.03 bits per heavy atom. The molecule has 5 heterocycles. The van der Waals surface area contributed by atoms with E-state index in [4.69, 9.17) is 9.47 Å². The van der Waals surface area contributed by atoms with Gasteiger partial charge in [0.15, 0.2) is 0 Å². The van der Waals surface area contributed by atoms with Crippen LogP contribution in [0.2, 0.25) is 0 Å². The number of hydrogen-bond donors (Lipinski definition) is 4. The van der Waals surface area contributed by atoms with Gasteiger partial charge in [0.05, 0.1) is 47.2 Å². The lowest BCUT2D eigenvalue weighted by Crippen LogP contribution is -2.59. The van der Waals surface area contributed by atoms with Crippen LogP contribution in [0.15, 0.2) is 84.1 Å². The summed E-state index contributed by atoms with van der Waals surface area (Å²) in [6.07, 6.45) is 11.4. The lowest BCUT2D eigenvalue weighted by atomic mass is 9.59. The highest BCUT2D eigenvalue weighted by molar-refractivity contribution is 7.90. The number of carbonyl (C=O) groups is 1. The van der Waals surface area contributed by atoms with Crippen molar-refractivity contribution in [2.45, 2.75) is 114 Å². The van der Waals surface area contributed by atoms with Crippen LogP contribution in [-0.2, 0) is 14.8 Å². The van der Waals surface area contributed by atoms with Crippen molar-refractivity contribution in [1.82, 2.24) is 24.6 Å². The molecule has 1 unspecified atom stereocenters. The number of carbonyl (C=O) groups excluding carboxylic acids is 1. The minimum atomic E-state index is -4.64. The molecular weight excluding hydrogens is 861 g/mol. The molecule has 2 saturated carbocycles. The fraction of sp³-hybridized carbons (Fsp3) is 0.490. The van der Waals surface area contributed by atoms with Crippen LogP contribution in [0, 0.1) is 21.4 Å². The molecule has 16 nitrogen and oxygen atoms in total. The number of aliphatic hydroxyl groups is 1. The van der Waals surface area contributed by atoms with Gasteiger partial charge in [0.1, 0.15) is 22.0 Å². The van der Waals surface area contributed by atoms with Gasteiger partial charge >= 0.3 is 5.69 Å². The van der Waals surface area contributed by atoms with E-state index >= 15 is 0 Å². The molecule has 350 valence electrons. The van der Waals surface area contributed by atoms with Gasteiger partial charge in [-0.3, -0.25) is 19.8 Å². The molecule has 3 aromatic heterocycles. The zero-order valence-corrected chi connectivity index (χ0v) is 38.9. The Morgan fingerprint density at radius 2 is 1.79 bits per heavy atom. The number of anilines is 2. The number of aromatic amines is 1. The number of sulfonamides is 1. The molecule has 4 aliphatic rings. The third-order valence-corrected chi connectivity index (χ3v) is 15.9. The third-order valence-electron chi connectivity index (χ3n) is 14.6. The summed E-state index contributed by atoms with van der Waals surface area (Å²) < 4.78 is 42.1. The van der Waals surface area contributed by atoms with Crippen LogP contribution >= 0.6 is 0 Å². The molecule has 2 atom stereocenters. The molecule has 2 aliphatic carbocycles. The summed E-state index contributed by atoms with van der Waals surface area (Å²) in [5.41, 5.74) is 3.18. The van der Waals surface area contributed by atoms with Crippen molar-refractivity contribution in [3.8, 4) is 11.5 Å². The first kappa shape index (κ1) is 45.5. The first-order valence-corrected chi connectivity index (χ1v) is 24.7. The van der Waals surface area contributed by atoms with Gasteiger partial charge in [-0.15, -0.1) is 0 Å². The Balaban J connectivity index is 0.901. The summed E-state index contributed by atoms with van der Waals surface area (Å²) in [5, 5.41) is 26.2. The number of morpholine rings is 1. The molecule has 66 heavy (non-hydrogen) atoms. The molecule has 5 aromatic rings. The number of benzene rings is 2. The smallest absolute Gasteiger partial charge is 0.312 e. The first-order valence-electron chi connectivity index (χ1n) is 23.2. The Kier molecular flexibility index (Phi) is 12.6. The highest BCUT2D eigenvalue weighted by Gasteiger charge is 2.50. The second-order valence-electron chi connectivity index (χ2n) is 19.5. The van der Waals surface area contributed by atoms with Crippen LogP contribution in [0.1, 0.15) is 113 Å². The molecule has 2 saturated heterocycles. The fourth-order valence-electron chi connectivity index (χ4n) is 10.7. The molecule has 2 aliphatic heterocycles. The number of nitrogens with one attached hydrogen (secondary N) is 3. The van der Waals surface area contributed by atoms with Crippen molar-refractivity contribution in [3.63, 3.8) is 0 Å². The number of H-pyrrole nitrogens is 1. The van der Waals surface area contributed by atoms with E-state index in [1.807, 2.05) is 6.07 Å². The van der Waals surface area contributed by atoms with E-state index in [1.165, 1.54) is 17.3 Å². The summed E-state index contributed by atoms with van der Waals surface area (Å²) >= 11 is 0. The van der Waals surface area contributed by atoms with E-state index in [0.717, 1.165) is 88.1 Å². The van der Waals surface area contributed by atoms with Gasteiger partial charge in [-0.25, -0.2) is 23.1 Å². The molecule has 2 aromatic carbocycles. The minimum Gasteiger partial charge on any atom is -0.455 e. The van der Waals surface area contributed by atoms with Crippen LogP contribution in [0.3, 0.4) is 0 Å². The normalized spacial score (nSPS) is 23.7. The zero-order valence-electron chi connectivity index (χ0n) is 38.0. The van der Waals surface area contributed by atoms with Crippen LogP contribution < -0.4 is 19.7 Å². The number of ether oxygens (including phenoxy) is 2. The second kappa shape index (κ2) is 18.2. The van der Waals surface area contributed by atoms with E-state index in [1.54, 1.807) is 37.4 Å². The van der Waals surface area contributed by atoms with Crippen molar-refractivity contribution in [2.24, 2.45) is 11.3 Å². The Labute approximate surface area is 385 Å². The number of pyridine rings is 2. The van der Waals surface area contributed by atoms with E-state index in [2.05, 4.69) is 79.8 Å². The van der Waals surface area contributed by atoms with Crippen molar-refractivity contribution in [3.05, 3.63) is 106 Å². The molecule has 0 radical (unpaired) electrons. The molecule has 1 amide bonds. The number of amides is 1. The monoisotopic (exact) mass is 920 g/mol. The van der Waals surface area contributed by atoms with Gasteiger partial charge in [-0.2, -0.15) is 0 Å². The number of rotatable bonds is 13. The predicted molar refractivity (Wildman–Crippen MR) is 252 cm³/mol. The third kappa shape index (κ3) is 9.48. The van der Waals surface area contributed by atoms with Gasteiger partial charge in [-0.1, -0.05) is 38.1 Å². The second-order valence-corrected chi connectivity index (χ2v) is 21.2. The Bertz CT molecular complexity index is 2700. The maximum Gasteiger partial charge on any atom is 0.312 e. The molecule has 17 heteroatoms. The maximum atomic E-state index is 14.0. The number of hydrogen-bond acceptors (Lipinski definition) is 13. The lowest BCUT2D eigenvalue weighted by Gasteiger charge is -2.58. The van der Waals surface area contributed by atoms with Gasteiger partial charge < -0.3 is 29.8 Å². The lowest BCUT2D eigenvalue weighted by molar-refractivity contribution is -0.384. The van der Waals surface area contributed by atoms with Crippen molar-refractivity contribution in [1.29, 1.82) is 0 Å². The number of piperidine rings is 1. The molecular formula is C49H60N8O8S. The van der Waals surface area contributed by atoms with Gasteiger partial charge in [0, 0.05) is 61.6 Å². The summed E-state index contributed by atoms with van der Waals surface area (Å²) in [5.74, 6) is 0.00762. The highest BCUT2D eigenvalue weighted by Crippen LogP contribution is 2.54. The number of nitrogens with zero attached hydrogens (tertiary/aromatic N) is 5. The van der Waals surface area contributed by atoms with Crippen LogP contribution in [0.25, 0.3) is 11.0 Å². The molecule has 9 rings (SSSR count). The van der Waals surface area contributed by atoms with E-state index in [0.29, 0.717) is 42.7 Å². The van der Waals surface area contributed by atoms with Crippen molar-refractivity contribution in [2.75, 3.05) is 43.0 Å². The quantitative estimate of drug-likeness (QED) is 0.0647. The SMILES string of the molecule is CC(C)c1ccccc1[C@H]1C(C)OCCN1C1CC2(CCN(c3ccc(C(=O)NS(=O)(=O)c4cnc(NC[C@H]5CC[C@](C)(O)CC5)c([N+](=O)[O-])c4)c(Oc4cnc5[nH]ccc5c4)c3)CC2)C1. The summed E-state index contributed by atoms with van der Waals surface area (Å²) in [6.45, 7) is 12.2. The first-order chi connectivity index (χ1) is 31.6. The number of aromatic nitrogens is 3. The maximum absolute atomic E-state index is 14.0. The van der Waals surface area contributed by atoms with Crippen molar-refractivity contribution < 1.29 is 32.7 Å². The van der Waals surface area contributed by atoms with Crippen LogP contribution in [0.5, 0.6) is 11.5 Å². The molecule has 4 fully saturated rings. The molecule has 4 N–H and O–H groups in total. The van der Waals surface area contributed by atoms with Crippen LogP contribution in [0.4, 0.5) is 17.2 Å². The Hall–Kier alpha value is -5.62. The van der Waals surface area contributed by atoms with E-state index in [-0.39, 0.29) is 40.6 Å². The molecule has 0 bridgehead atoms. The van der Waals surface area contributed by atoms with E-state index < -0.39 is 37.0 Å². The topological polar surface area (TPSA) is 205 Å². The average Bonchev–Trinajstić information content (AvgIpc) is 3.76. The zero-order chi connectivity index (χ0) is 46.4. The summed E-state index contributed by atoms with van der Waals surface area (Å²) in [7, 11) is -4.64. The fourth-order valence-corrected chi connectivity index (χ4v) is 11.7. The van der Waals surface area contributed by atoms with Gasteiger partial charge in [0.25, 0.3) is 15.9 Å². The number of fused-ring (bicyclic) bond motifs is 1. The van der Waals surface area contributed by atoms with Crippen LogP contribution in [-0.4, -0.2) is 94.7 Å². The van der Waals surface area contributed by atoms with Crippen molar-refractivity contribution >= 4 is 44.2 Å². The summed E-state index contributed by atoms with van der Waals surface area (Å²) in [4.78, 5) is 41.5. The standard InChI is InChI=1S/C49H60N8O8S/c1-31(2)39-7-5-6-8-40(39)44-32(3)64-22-21-56(44)36-26-49(27-36)16-19-55(20-17-49)35-9-10-41(43(24-35)65-37-23-34-13-18-50-45(34)52-29-37)47(58)54-66(62,63)38-25-42(57(60)61)46(53-30-38)51-28-33-11-14-48(4,59)15-12-33/h5-10,13,18,23-25,29-33,36,44,59H,11-12,14-17,19-22,26-28H2,1-4H3,(H,50,52)(H,51,53)(H,54,58)/t32?,33-,44-,48-/m1/s1. The van der Waals surface area contributed by atoms with E-state index in [9.17, 15) is 28.4 Å². The predicted octanol–water partition coefficient (Wildman–Crippen LogP) is 8.46. The van der Waals surface area contributed by atoms with Gasteiger partial charge in [0.2, 0.25) is 5.82 Å². The molecule has 1 spiro atoms. The number of nitro groups is 1. The van der Waals surface area contributed by atoms with Gasteiger partial charge in [-0.05, 0) is 118 Å². The highest BCUT2D eigenvalue weighted by atomic mass is 32.2. The minimum absolute atomic E-state index is 0.0488. The Morgan fingerprint density at radius 3 is 2.53 bits per heavy atom. The average molecular weight is 921 g/mol.